The van der Waals surface area contributed by atoms with E-state index in [9.17, 15) is 4.79 Å². The van der Waals surface area contributed by atoms with E-state index in [0.717, 1.165) is 9.32 Å². The van der Waals surface area contributed by atoms with E-state index in [1.165, 1.54) is 0 Å². The fraction of sp³-hybridized carbons (Fsp3) is 0.200. The molecule has 0 aliphatic carbocycles. The van der Waals surface area contributed by atoms with Crippen LogP contribution in [0, 0.1) is 3.57 Å². The number of carbonyl (C=O) groups is 1. The standard InChI is InChI=1S/C20H20IN3O2/c1-23(20(25)16-7-9-17(21)10-8-16)18(13-24-12-11-22-15-24)14-26-19-5-3-2-4-6-19/h2-12,15,18H,13-14H2,1H3. The number of amides is 1. The number of para-hydroxylation sites is 1. The maximum absolute atomic E-state index is 12.9. The monoisotopic (exact) mass is 461 g/mol. The summed E-state index contributed by atoms with van der Waals surface area (Å²) in [5.74, 6) is 0.765. The molecule has 6 heteroatoms. The SMILES string of the molecule is CN(C(=O)c1ccc(I)cc1)C(COc1ccccc1)Cn1ccnc1. The number of rotatable bonds is 7. The van der Waals surface area contributed by atoms with Gasteiger partial charge in [0, 0.05) is 35.1 Å². The maximum atomic E-state index is 12.9. The molecule has 5 nitrogen and oxygen atoms in total. The molecular formula is C20H20IN3O2. The van der Waals surface area contributed by atoms with Gasteiger partial charge in [-0.15, -0.1) is 0 Å². The van der Waals surface area contributed by atoms with Crippen LogP contribution in [-0.2, 0) is 6.54 Å². The molecular weight excluding hydrogens is 441 g/mol. The molecule has 0 aliphatic rings. The van der Waals surface area contributed by atoms with Crippen molar-refractivity contribution in [3.8, 4) is 5.75 Å². The van der Waals surface area contributed by atoms with Crippen LogP contribution >= 0.6 is 22.6 Å². The van der Waals surface area contributed by atoms with Crippen LogP contribution in [0.2, 0.25) is 0 Å². The van der Waals surface area contributed by atoms with Crippen molar-refractivity contribution in [1.29, 1.82) is 0 Å². The average Bonchev–Trinajstić information content (AvgIpc) is 3.18. The molecule has 0 spiro atoms. The van der Waals surface area contributed by atoms with Gasteiger partial charge < -0.3 is 14.2 Å². The molecule has 1 aromatic heterocycles. The summed E-state index contributed by atoms with van der Waals surface area (Å²) in [5.41, 5.74) is 0.670. The molecule has 0 saturated heterocycles. The van der Waals surface area contributed by atoms with Crippen LogP contribution in [0.5, 0.6) is 5.75 Å². The van der Waals surface area contributed by atoms with Crippen LogP contribution in [0.25, 0.3) is 0 Å². The minimum absolute atomic E-state index is 0.0248. The van der Waals surface area contributed by atoms with E-state index in [2.05, 4.69) is 27.6 Å². The lowest BCUT2D eigenvalue weighted by molar-refractivity contribution is 0.0654. The summed E-state index contributed by atoms with van der Waals surface area (Å²) in [7, 11) is 1.82. The molecule has 1 unspecified atom stereocenters. The Bertz CT molecular complexity index is 820. The number of halogens is 1. The highest BCUT2D eigenvalue weighted by atomic mass is 127. The summed E-state index contributed by atoms with van der Waals surface area (Å²) >= 11 is 2.23. The third kappa shape index (κ3) is 4.85. The first-order valence-corrected chi connectivity index (χ1v) is 9.37. The van der Waals surface area contributed by atoms with Crippen LogP contribution in [0.4, 0.5) is 0 Å². The number of carbonyl (C=O) groups excluding carboxylic acids is 1. The zero-order chi connectivity index (χ0) is 18.4. The number of aromatic nitrogens is 2. The summed E-state index contributed by atoms with van der Waals surface area (Å²) in [5, 5.41) is 0. The van der Waals surface area contributed by atoms with Gasteiger partial charge in [0.05, 0.1) is 12.4 Å². The van der Waals surface area contributed by atoms with Crippen LogP contribution in [-0.4, -0.2) is 40.1 Å². The molecule has 1 heterocycles. The molecule has 0 radical (unpaired) electrons. The Morgan fingerprint density at radius 1 is 1.19 bits per heavy atom. The lowest BCUT2D eigenvalue weighted by atomic mass is 10.1. The van der Waals surface area contributed by atoms with Crippen LogP contribution in [0.15, 0.2) is 73.3 Å². The molecule has 0 bridgehead atoms. The van der Waals surface area contributed by atoms with Crippen LogP contribution in [0.3, 0.4) is 0 Å². The zero-order valence-corrected chi connectivity index (χ0v) is 16.6. The summed E-state index contributed by atoms with van der Waals surface area (Å²) in [6.45, 7) is 1.01. The van der Waals surface area contributed by atoms with E-state index < -0.39 is 0 Å². The van der Waals surface area contributed by atoms with Crippen LogP contribution < -0.4 is 4.74 Å². The molecule has 3 rings (SSSR count). The molecule has 0 saturated carbocycles. The Morgan fingerprint density at radius 3 is 2.58 bits per heavy atom. The van der Waals surface area contributed by atoms with Gasteiger partial charge in [-0.3, -0.25) is 4.79 Å². The second-order valence-electron chi connectivity index (χ2n) is 5.96. The van der Waals surface area contributed by atoms with Gasteiger partial charge in [0.15, 0.2) is 0 Å². The summed E-state index contributed by atoms with van der Waals surface area (Å²) in [6, 6.07) is 17.1. The summed E-state index contributed by atoms with van der Waals surface area (Å²) in [6.07, 6.45) is 5.37. The van der Waals surface area contributed by atoms with Gasteiger partial charge >= 0.3 is 0 Å². The van der Waals surface area contributed by atoms with Gasteiger partial charge in [0.25, 0.3) is 5.91 Å². The molecule has 1 atom stereocenters. The summed E-state index contributed by atoms with van der Waals surface area (Å²) < 4.78 is 8.97. The van der Waals surface area contributed by atoms with Crippen molar-refractivity contribution in [3.63, 3.8) is 0 Å². The van der Waals surface area contributed by atoms with Crippen molar-refractivity contribution in [2.45, 2.75) is 12.6 Å². The minimum atomic E-state index is -0.129. The van der Waals surface area contributed by atoms with E-state index in [1.807, 2.05) is 72.4 Å². The Morgan fingerprint density at radius 2 is 1.92 bits per heavy atom. The van der Waals surface area contributed by atoms with E-state index >= 15 is 0 Å². The molecule has 0 fully saturated rings. The Labute approximate surface area is 166 Å². The number of hydrogen-bond donors (Lipinski definition) is 0. The second-order valence-corrected chi connectivity index (χ2v) is 7.21. The maximum Gasteiger partial charge on any atom is 0.254 e. The third-order valence-electron chi connectivity index (χ3n) is 4.13. The van der Waals surface area contributed by atoms with Gasteiger partial charge in [-0.05, 0) is 59.0 Å². The molecule has 26 heavy (non-hydrogen) atoms. The topological polar surface area (TPSA) is 47.4 Å². The van der Waals surface area contributed by atoms with E-state index in [4.69, 9.17) is 4.74 Å². The fourth-order valence-electron chi connectivity index (χ4n) is 2.60. The highest BCUT2D eigenvalue weighted by Gasteiger charge is 2.22. The fourth-order valence-corrected chi connectivity index (χ4v) is 2.96. The van der Waals surface area contributed by atoms with E-state index in [-0.39, 0.29) is 11.9 Å². The predicted molar refractivity (Wildman–Crippen MR) is 109 cm³/mol. The molecule has 3 aromatic rings. The highest BCUT2D eigenvalue weighted by Crippen LogP contribution is 2.14. The number of benzene rings is 2. The largest absolute Gasteiger partial charge is 0.491 e. The van der Waals surface area contributed by atoms with Gasteiger partial charge in [0.1, 0.15) is 12.4 Å². The molecule has 0 N–H and O–H groups in total. The Kier molecular flexibility index (Phi) is 6.27. The first-order valence-electron chi connectivity index (χ1n) is 8.30. The van der Waals surface area contributed by atoms with Gasteiger partial charge in [-0.1, -0.05) is 18.2 Å². The van der Waals surface area contributed by atoms with E-state index in [0.29, 0.717) is 18.7 Å². The van der Waals surface area contributed by atoms with Crippen LogP contribution in [0.1, 0.15) is 10.4 Å². The van der Waals surface area contributed by atoms with Crippen molar-refractivity contribution >= 4 is 28.5 Å². The van der Waals surface area contributed by atoms with Crippen molar-refractivity contribution in [2.75, 3.05) is 13.7 Å². The molecule has 1 amide bonds. The normalized spacial score (nSPS) is 11.8. The lowest BCUT2D eigenvalue weighted by Crippen LogP contribution is -2.43. The average molecular weight is 461 g/mol. The lowest BCUT2D eigenvalue weighted by Gasteiger charge is -2.28. The smallest absolute Gasteiger partial charge is 0.254 e. The van der Waals surface area contributed by atoms with Crippen molar-refractivity contribution < 1.29 is 9.53 Å². The third-order valence-corrected chi connectivity index (χ3v) is 4.84. The highest BCUT2D eigenvalue weighted by molar-refractivity contribution is 14.1. The molecule has 2 aromatic carbocycles. The Hall–Kier alpha value is -2.35. The first-order chi connectivity index (χ1) is 12.6. The predicted octanol–water partition coefficient (Wildman–Crippen LogP) is 3.71. The number of likely N-dealkylation sites (N-methyl/N-ethyl adjacent to an activating group) is 1. The molecule has 134 valence electrons. The van der Waals surface area contributed by atoms with Crippen molar-refractivity contribution in [1.82, 2.24) is 14.5 Å². The van der Waals surface area contributed by atoms with Crippen molar-refractivity contribution in [2.24, 2.45) is 0 Å². The number of nitrogens with zero attached hydrogens (tertiary/aromatic N) is 3. The first kappa shape index (κ1) is 18.4. The minimum Gasteiger partial charge on any atom is -0.491 e. The quantitative estimate of drug-likeness (QED) is 0.505. The summed E-state index contributed by atoms with van der Waals surface area (Å²) in [4.78, 5) is 18.7. The van der Waals surface area contributed by atoms with Gasteiger partial charge in [-0.2, -0.15) is 0 Å². The number of hydrogen-bond acceptors (Lipinski definition) is 3. The number of imidazole rings is 1. The van der Waals surface area contributed by atoms with Crippen molar-refractivity contribution in [3.05, 3.63) is 82.5 Å². The molecule has 0 aliphatic heterocycles. The second kappa shape index (κ2) is 8.84. The van der Waals surface area contributed by atoms with Gasteiger partial charge in [0.2, 0.25) is 0 Å². The Balaban J connectivity index is 1.74. The number of ether oxygens (including phenoxy) is 1. The zero-order valence-electron chi connectivity index (χ0n) is 14.5. The van der Waals surface area contributed by atoms with E-state index in [1.54, 1.807) is 17.4 Å². The van der Waals surface area contributed by atoms with Gasteiger partial charge in [-0.25, -0.2) is 4.98 Å².